The van der Waals surface area contributed by atoms with Crippen LogP contribution in [0.2, 0.25) is 0 Å². The van der Waals surface area contributed by atoms with Crippen LogP contribution in [0.5, 0.6) is 0 Å². The molecule has 0 aliphatic heterocycles. The lowest BCUT2D eigenvalue weighted by molar-refractivity contribution is 1.18. The molecule has 0 saturated heterocycles. The zero-order valence-corrected chi connectivity index (χ0v) is 14.1. The van der Waals surface area contributed by atoms with Crippen molar-refractivity contribution in [3.8, 4) is 33.9 Å². The van der Waals surface area contributed by atoms with Gasteiger partial charge in [0.25, 0.3) is 0 Å². The molecule has 4 N–H and O–H groups in total. The summed E-state index contributed by atoms with van der Waals surface area (Å²) in [6, 6.07) is 27.3. The van der Waals surface area contributed by atoms with Crippen molar-refractivity contribution in [2.24, 2.45) is 0 Å². The fraction of sp³-hybridized carbons (Fsp3) is 0. The summed E-state index contributed by atoms with van der Waals surface area (Å²) in [5.41, 5.74) is 17.8. The minimum Gasteiger partial charge on any atom is -0.399 e. The number of hydrogen-bond donors (Lipinski definition) is 2. The summed E-state index contributed by atoms with van der Waals surface area (Å²) in [4.78, 5) is 9.52. The van der Waals surface area contributed by atoms with Crippen LogP contribution in [0.1, 0.15) is 0 Å². The monoisotopic (exact) mass is 338 g/mol. The maximum atomic E-state index is 5.95. The van der Waals surface area contributed by atoms with E-state index in [9.17, 15) is 0 Å². The normalized spacial score (nSPS) is 10.6. The summed E-state index contributed by atoms with van der Waals surface area (Å²) < 4.78 is 0. The second-order valence-electron chi connectivity index (χ2n) is 6.08. The van der Waals surface area contributed by atoms with Gasteiger partial charge in [-0.1, -0.05) is 54.6 Å². The third-order valence-electron chi connectivity index (χ3n) is 4.12. The Morgan fingerprint density at radius 2 is 1.04 bits per heavy atom. The molecule has 1 aromatic heterocycles. The standard InChI is InChI=1S/C22H18N4/c23-18-10-4-8-16(12-18)21-14-20(15-6-2-1-3-7-15)25-22(26-21)17-9-5-11-19(24)13-17/h1-14H,23-24H2. The van der Waals surface area contributed by atoms with Gasteiger partial charge in [-0.3, -0.25) is 0 Å². The Labute approximate surface area is 152 Å². The molecule has 4 nitrogen and oxygen atoms in total. The molecule has 0 radical (unpaired) electrons. The summed E-state index contributed by atoms with van der Waals surface area (Å²) in [5, 5.41) is 0. The van der Waals surface area contributed by atoms with Gasteiger partial charge in [0.05, 0.1) is 11.4 Å². The molecule has 0 unspecified atom stereocenters. The Hall–Kier alpha value is -3.66. The molecule has 0 aliphatic rings. The molecule has 4 heteroatoms. The lowest BCUT2D eigenvalue weighted by Gasteiger charge is -2.10. The van der Waals surface area contributed by atoms with Crippen molar-refractivity contribution in [3.63, 3.8) is 0 Å². The van der Waals surface area contributed by atoms with Gasteiger partial charge in [0.2, 0.25) is 0 Å². The van der Waals surface area contributed by atoms with E-state index in [1.807, 2.05) is 84.9 Å². The fourth-order valence-electron chi connectivity index (χ4n) is 2.86. The maximum absolute atomic E-state index is 5.95. The van der Waals surface area contributed by atoms with Crippen molar-refractivity contribution in [1.29, 1.82) is 0 Å². The Morgan fingerprint density at radius 3 is 1.69 bits per heavy atom. The predicted molar refractivity (Wildman–Crippen MR) is 107 cm³/mol. The van der Waals surface area contributed by atoms with Crippen LogP contribution >= 0.6 is 0 Å². The minimum absolute atomic E-state index is 0.635. The summed E-state index contributed by atoms with van der Waals surface area (Å²) >= 11 is 0. The SMILES string of the molecule is Nc1cccc(-c2cc(-c3ccccc3)nc(-c3cccc(N)c3)n2)c1. The van der Waals surface area contributed by atoms with Crippen molar-refractivity contribution >= 4 is 11.4 Å². The first-order valence-corrected chi connectivity index (χ1v) is 8.35. The second kappa shape index (κ2) is 6.69. The summed E-state index contributed by atoms with van der Waals surface area (Å²) in [6.45, 7) is 0. The number of nitrogens with zero attached hydrogens (tertiary/aromatic N) is 2. The number of rotatable bonds is 3. The largest absolute Gasteiger partial charge is 0.399 e. The van der Waals surface area contributed by atoms with Gasteiger partial charge in [0, 0.05) is 28.1 Å². The number of aromatic nitrogens is 2. The molecule has 0 spiro atoms. The molecule has 4 aromatic rings. The first-order chi connectivity index (χ1) is 12.7. The van der Waals surface area contributed by atoms with Crippen LogP contribution in [-0.2, 0) is 0 Å². The molecular formula is C22H18N4. The van der Waals surface area contributed by atoms with Crippen molar-refractivity contribution < 1.29 is 0 Å². The average molecular weight is 338 g/mol. The molecule has 0 fully saturated rings. The quantitative estimate of drug-likeness (QED) is 0.533. The van der Waals surface area contributed by atoms with E-state index in [1.165, 1.54) is 0 Å². The lowest BCUT2D eigenvalue weighted by Crippen LogP contribution is -1.97. The molecule has 26 heavy (non-hydrogen) atoms. The molecule has 0 aliphatic carbocycles. The van der Waals surface area contributed by atoms with Gasteiger partial charge in [0.15, 0.2) is 5.82 Å². The van der Waals surface area contributed by atoms with Gasteiger partial charge < -0.3 is 11.5 Å². The molecule has 0 bridgehead atoms. The van der Waals surface area contributed by atoms with E-state index in [4.69, 9.17) is 21.4 Å². The van der Waals surface area contributed by atoms with Crippen molar-refractivity contribution in [1.82, 2.24) is 9.97 Å². The minimum atomic E-state index is 0.635. The van der Waals surface area contributed by atoms with E-state index in [0.717, 1.165) is 28.1 Å². The average Bonchev–Trinajstić information content (AvgIpc) is 2.68. The summed E-state index contributed by atoms with van der Waals surface area (Å²) in [7, 11) is 0. The topological polar surface area (TPSA) is 77.8 Å². The highest BCUT2D eigenvalue weighted by Gasteiger charge is 2.10. The molecular weight excluding hydrogens is 320 g/mol. The second-order valence-corrected chi connectivity index (χ2v) is 6.08. The van der Waals surface area contributed by atoms with Crippen LogP contribution in [0, 0.1) is 0 Å². The first-order valence-electron chi connectivity index (χ1n) is 8.35. The molecule has 126 valence electrons. The Morgan fingerprint density at radius 1 is 0.500 bits per heavy atom. The van der Waals surface area contributed by atoms with Crippen LogP contribution in [0.3, 0.4) is 0 Å². The highest BCUT2D eigenvalue weighted by atomic mass is 14.9. The zero-order valence-electron chi connectivity index (χ0n) is 14.1. The van der Waals surface area contributed by atoms with Gasteiger partial charge in [0.1, 0.15) is 0 Å². The van der Waals surface area contributed by atoms with E-state index in [1.54, 1.807) is 0 Å². The summed E-state index contributed by atoms with van der Waals surface area (Å²) in [6.07, 6.45) is 0. The van der Waals surface area contributed by atoms with Gasteiger partial charge >= 0.3 is 0 Å². The third-order valence-corrected chi connectivity index (χ3v) is 4.12. The smallest absolute Gasteiger partial charge is 0.160 e. The van der Waals surface area contributed by atoms with E-state index in [0.29, 0.717) is 17.2 Å². The fourth-order valence-corrected chi connectivity index (χ4v) is 2.86. The van der Waals surface area contributed by atoms with Gasteiger partial charge in [-0.25, -0.2) is 9.97 Å². The van der Waals surface area contributed by atoms with Crippen molar-refractivity contribution in [2.75, 3.05) is 11.5 Å². The Balaban J connectivity index is 1.93. The van der Waals surface area contributed by atoms with E-state index >= 15 is 0 Å². The molecule has 0 saturated carbocycles. The molecule has 4 rings (SSSR count). The first kappa shape index (κ1) is 15.8. The number of nitrogens with two attached hydrogens (primary N) is 2. The van der Waals surface area contributed by atoms with Crippen LogP contribution < -0.4 is 11.5 Å². The number of hydrogen-bond acceptors (Lipinski definition) is 4. The van der Waals surface area contributed by atoms with E-state index < -0.39 is 0 Å². The molecule has 1 heterocycles. The van der Waals surface area contributed by atoms with Gasteiger partial charge in [-0.15, -0.1) is 0 Å². The van der Waals surface area contributed by atoms with Crippen LogP contribution in [0.25, 0.3) is 33.9 Å². The van der Waals surface area contributed by atoms with Crippen LogP contribution in [-0.4, -0.2) is 9.97 Å². The molecule has 0 amide bonds. The maximum Gasteiger partial charge on any atom is 0.160 e. The van der Waals surface area contributed by atoms with Crippen molar-refractivity contribution in [2.45, 2.75) is 0 Å². The summed E-state index contributed by atoms with van der Waals surface area (Å²) in [5.74, 6) is 0.635. The van der Waals surface area contributed by atoms with E-state index in [-0.39, 0.29) is 0 Å². The van der Waals surface area contributed by atoms with Crippen LogP contribution in [0.15, 0.2) is 84.9 Å². The number of nitrogen functional groups attached to an aromatic ring is 2. The Kier molecular flexibility index (Phi) is 4.07. The Bertz CT molecular complexity index is 995. The number of anilines is 2. The molecule has 0 atom stereocenters. The predicted octanol–water partition coefficient (Wildman–Crippen LogP) is 4.64. The van der Waals surface area contributed by atoms with Crippen LogP contribution in [0.4, 0.5) is 11.4 Å². The van der Waals surface area contributed by atoms with Gasteiger partial charge in [-0.05, 0) is 30.3 Å². The third kappa shape index (κ3) is 3.26. The highest BCUT2D eigenvalue weighted by molar-refractivity contribution is 5.73. The number of benzene rings is 3. The lowest BCUT2D eigenvalue weighted by atomic mass is 10.1. The van der Waals surface area contributed by atoms with Crippen molar-refractivity contribution in [3.05, 3.63) is 84.9 Å². The van der Waals surface area contributed by atoms with E-state index in [2.05, 4.69) is 0 Å². The zero-order chi connectivity index (χ0) is 17.9. The van der Waals surface area contributed by atoms with Gasteiger partial charge in [-0.2, -0.15) is 0 Å². The molecule has 3 aromatic carbocycles. The highest BCUT2D eigenvalue weighted by Crippen LogP contribution is 2.28.